The standard InChI is InChI=1S/C20H14N3O13S4/c21-13-8-10(37(25,26)27)6-9-7-16(39(31,32)33)18(19(24)17(9)13)23-22-14-5-4-11-12(20(14)40(34,35)36)2-1-3-15(11)38(28,29)30/h1-8,21,24H,(H,25,26,27)(H,28,29,30)(H,31,32,33)(H,34,35,36)/b23-22+. The fourth-order valence-corrected chi connectivity index (χ4v) is 6.61. The van der Waals surface area contributed by atoms with Crippen LogP contribution in [-0.4, -0.2) is 57.0 Å². The van der Waals surface area contributed by atoms with E-state index in [2.05, 4.69) is 10.2 Å². The van der Waals surface area contributed by atoms with Gasteiger partial charge in [0.25, 0.3) is 40.5 Å². The molecule has 4 aromatic carbocycles. The average molecular weight is 633 g/mol. The first kappa shape index (κ1) is 29.2. The molecule has 4 aromatic rings. The Morgan fingerprint density at radius 1 is 0.650 bits per heavy atom. The van der Waals surface area contributed by atoms with Gasteiger partial charge in [-0.2, -0.15) is 33.7 Å². The van der Waals surface area contributed by atoms with Crippen molar-refractivity contribution in [3.05, 3.63) is 48.5 Å². The molecule has 0 aliphatic heterocycles. The van der Waals surface area contributed by atoms with Crippen molar-refractivity contribution in [2.75, 3.05) is 0 Å². The summed E-state index contributed by atoms with van der Waals surface area (Å²) >= 11 is 0. The summed E-state index contributed by atoms with van der Waals surface area (Å²) in [4.78, 5) is -3.74. The number of azo groups is 1. The van der Waals surface area contributed by atoms with Crippen molar-refractivity contribution in [2.45, 2.75) is 19.6 Å². The smallest absolute Gasteiger partial charge is 0.297 e. The fourth-order valence-electron chi connectivity index (χ4n) is 3.87. The molecule has 4 rings (SSSR count). The third-order valence-corrected chi connectivity index (χ3v) is 9.00. The minimum Gasteiger partial charge on any atom is -0.505 e. The van der Waals surface area contributed by atoms with Gasteiger partial charge in [-0.05, 0) is 35.7 Å². The number of phenols is 1. The second-order valence-electron chi connectivity index (χ2n) is 8.01. The van der Waals surface area contributed by atoms with Gasteiger partial charge in [0.15, 0.2) is 5.75 Å². The van der Waals surface area contributed by atoms with Gasteiger partial charge in [0.2, 0.25) is 0 Å². The Bertz CT molecular complexity index is 2230. The van der Waals surface area contributed by atoms with E-state index in [4.69, 9.17) is 5.73 Å². The lowest BCUT2D eigenvalue weighted by Gasteiger charge is -2.12. The van der Waals surface area contributed by atoms with Crippen molar-refractivity contribution in [3.8, 4) is 5.75 Å². The highest BCUT2D eigenvalue weighted by Gasteiger charge is 2.27. The zero-order chi connectivity index (χ0) is 30.0. The minimum absolute atomic E-state index is 0.350. The normalized spacial score (nSPS) is 13.4. The third kappa shape index (κ3) is 5.33. The molecule has 0 aromatic heterocycles. The molecule has 40 heavy (non-hydrogen) atoms. The quantitative estimate of drug-likeness (QED) is 0.151. The molecular weight excluding hydrogens is 618 g/mol. The van der Waals surface area contributed by atoms with Gasteiger partial charge < -0.3 is 10.8 Å². The summed E-state index contributed by atoms with van der Waals surface area (Å²) in [6.45, 7) is 0. The molecule has 0 atom stereocenters. The summed E-state index contributed by atoms with van der Waals surface area (Å²) in [5.74, 6) is -1.12. The molecular formula is C20H14N3O13S4. The molecule has 16 nitrogen and oxygen atoms in total. The maximum Gasteiger partial charge on any atom is 0.297 e. The first-order chi connectivity index (χ1) is 18.2. The van der Waals surface area contributed by atoms with Crippen LogP contribution in [0.3, 0.4) is 0 Å². The Hall–Kier alpha value is -3.76. The van der Waals surface area contributed by atoms with E-state index in [1.807, 2.05) is 0 Å². The molecule has 0 bridgehead atoms. The SMILES string of the molecule is [NH]c1cc(S(=O)(=O)O)cc2cc(S(=O)(=O)O)c(/N=N/c3ccc4c(S(=O)(=O)O)cccc4c3S(=O)(=O)O)c(O)c12. The molecule has 6 N–H and O–H groups in total. The van der Waals surface area contributed by atoms with Crippen molar-refractivity contribution >= 4 is 79.1 Å². The second-order valence-corrected chi connectivity index (χ2v) is 13.6. The van der Waals surface area contributed by atoms with Crippen LogP contribution < -0.4 is 5.73 Å². The number of hydrogen-bond donors (Lipinski definition) is 5. The molecule has 211 valence electrons. The highest BCUT2D eigenvalue weighted by atomic mass is 32.2. The lowest BCUT2D eigenvalue weighted by molar-refractivity contribution is 0.472. The topological polar surface area (TPSA) is 286 Å². The number of phenolic OH excluding ortho intramolecular Hbond substituents is 1. The van der Waals surface area contributed by atoms with E-state index < -0.39 is 99.0 Å². The van der Waals surface area contributed by atoms with E-state index in [9.17, 15) is 57.0 Å². The minimum atomic E-state index is -5.26. The Balaban J connectivity index is 2.06. The maximum absolute atomic E-state index is 12.2. The van der Waals surface area contributed by atoms with Crippen molar-refractivity contribution in [1.29, 1.82) is 0 Å². The van der Waals surface area contributed by atoms with E-state index in [0.29, 0.717) is 18.2 Å². The lowest BCUT2D eigenvalue weighted by Crippen LogP contribution is -2.03. The van der Waals surface area contributed by atoms with Gasteiger partial charge in [0, 0.05) is 10.8 Å². The van der Waals surface area contributed by atoms with Crippen LogP contribution in [0.5, 0.6) is 5.75 Å². The molecule has 0 fully saturated rings. The predicted octanol–water partition coefficient (Wildman–Crippen LogP) is 3.02. The van der Waals surface area contributed by atoms with Gasteiger partial charge in [-0.15, -0.1) is 10.2 Å². The van der Waals surface area contributed by atoms with Crippen LogP contribution in [0, 0.1) is 0 Å². The van der Waals surface area contributed by atoms with Gasteiger partial charge in [0.05, 0.1) is 16.0 Å². The molecule has 0 amide bonds. The summed E-state index contributed by atoms with van der Waals surface area (Å²) in [7, 11) is -20.2. The Kier molecular flexibility index (Phi) is 6.88. The van der Waals surface area contributed by atoms with Gasteiger partial charge in [-0.25, -0.2) is 0 Å². The largest absolute Gasteiger partial charge is 0.505 e. The number of hydrogen-bond acceptors (Lipinski definition) is 11. The van der Waals surface area contributed by atoms with Crippen molar-refractivity contribution < 1.29 is 57.0 Å². The molecule has 0 saturated carbocycles. The number of nitrogens with zero attached hydrogens (tertiary/aromatic N) is 2. The van der Waals surface area contributed by atoms with Gasteiger partial charge >= 0.3 is 0 Å². The van der Waals surface area contributed by atoms with E-state index >= 15 is 0 Å². The van der Waals surface area contributed by atoms with Crippen molar-refractivity contribution in [1.82, 2.24) is 5.73 Å². The molecule has 0 unspecified atom stereocenters. The van der Waals surface area contributed by atoms with Crippen molar-refractivity contribution in [3.63, 3.8) is 0 Å². The van der Waals surface area contributed by atoms with Gasteiger partial charge in [-0.3, -0.25) is 18.2 Å². The number of rotatable bonds is 6. The van der Waals surface area contributed by atoms with E-state index in [0.717, 1.165) is 30.3 Å². The lowest BCUT2D eigenvalue weighted by atomic mass is 10.1. The Morgan fingerprint density at radius 2 is 1.27 bits per heavy atom. The Morgan fingerprint density at radius 3 is 1.82 bits per heavy atom. The third-order valence-electron chi connectivity index (χ3n) is 5.44. The first-order valence-corrected chi connectivity index (χ1v) is 15.9. The Labute approximate surface area is 225 Å². The van der Waals surface area contributed by atoms with Gasteiger partial charge in [-0.1, -0.05) is 18.2 Å². The highest BCUT2D eigenvalue weighted by Crippen LogP contribution is 2.45. The van der Waals surface area contributed by atoms with Crippen LogP contribution in [0.4, 0.5) is 17.1 Å². The molecule has 0 aliphatic rings. The van der Waals surface area contributed by atoms with Crippen LogP contribution in [0.2, 0.25) is 0 Å². The number of nitrogens with one attached hydrogen (secondary N) is 1. The van der Waals surface area contributed by atoms with E-state index in [1.54, 1.807) is 0 Å². The van der Waals surface area contributed by atoms with Crippen LogP contribution in [0.25, 0.3) is 21.5 Å². The summed E-state index contributed by atoms with van der Waals surface area (Å²) in [6, 6.07) is 6.81. The molecule has 0 aliphatic carbocycles. The number of fused-ring (bicyclic) bond motifs is 2. The molecule has 0 saturated heterocycles. The number of aromatic hydroxyl groups is 1. The van der Waals surface area contributed by atoms with E-state index in [1.165, 1.54) is 0 Å². The first-order valence-electron chi connectivity index (χ1n) is 10.1. The monoisotopic (exact) mass is 632 g/mol. The fraction of sp³-hybridized carbons (Fsp3) is 0. The van der Waals surface area contributed by atoms with Crippen LogP contribution in [-0.2, 0) is 40.5 Å². The second kappa shape index (κ2) is 9.42. The summed E-state index contributed by atoms with van der Waals surface area (Å²) in [5, 5.41) is 16.1. The van der Waals surface area contributed by atoms with Gasteiger partial charge in [0.1, 0.15) is 26.1 Å². The zero-order valence-electron chi connectivity index (χ0n) is 19.1. The van der Waals surface area contributed by atoms with Crippen LogP contribution in [0.15, 0.2) is 78.3 Å². The number of benzene rings is 4. The summed E-state index contributed by atoms with van der Waals surface area (Å²) < 4.78 is 133. The molecule has 0 spiro atoms. The molecule has 0 heterocycles. The molecule has 20 heteroatoms. The maximum atomic E-state index is 12.2. The van der Waals surface area contributed by atoms with Crippen molar-refractivity contribution in [2.24, 2.45) is 10.2 Å². The molecule has 1 radical (unpaired) electrons. The van der Waals surface area contributed by atoms with E-state index in [-0.39, 0.29) is 5.39 Å². The zero-order valence-corrected chi connectivity index (χ0v) is 22.4. The summed E-state index contributed by atoms with van der Waals surface area (Å²) in [5.41, 5.74) is 5.54. The predicted molar refractivity (Wildman–Crippen MR) is 136 cm³/mol. The average Bonchev–Trinajstić information content (AvgIpc) is 2.79. The highest BCUT2D eigenvalue weighted by molar-refractivity contribution is 7.87. The summed E-state index contributed by atoms with van der Waals surface area (Å²) in [6.07, 6.45) is 0. The van der Waals surface area contributed by atoms with Crippen LogP contribution in [0.1, 0.15) is 0 Å². The van der Waals surface area contributed by atoms with Crippen LogP contribution >= 0.6 is 0 Å².